The summed E-state index contributed by atoms with van der Waals surface area (Å²) in [7, 11) is 3.94. The van der Waals surface area contributed by atoms with Crippen molar-refractivity contribution in [1.29, 1.82) is 0 Å². The van der Waals surface area contributed by atoms with Crippen molar-refractivity contribution in [2.45, 2.75) is 18.8 Å². The first-order valence-electron chi connectivity index (χ1n) is 11.0. The molecule has 0 aliphatic heterocycles. The van der Waals surface area contributed by atoms with Crippen molar-refractivity contribution < 1.29 is 14.1 Å². The zero-order valence-electron chi connectivity index (χ0n) is 19.6. The fourth-order valence-electron chi connectivity index (χ4n) is 3.62. The van der Waals surface area contributed by atoms with Gasteiger partial charge in [-0.3, -0.25) is 4.79 Å². The van der Waals surface area contributed by atoms with Crippen LogP contribution >= 0.6 is 27.5 Å². The van der Waals surface area contributed by atoms with E-state index in [0.717, 1.165) is 17.7 Å². The van der Waals surface area contributed by atoms with Crippen LogP contribution in [0.2, 0.25) is 5.02 Å². The average Bonchev–Trinajstić information content (AvgIpc) is 3.28. The van der Waals surface area contributed by atoms with Gasteiger partial charge in [0.2, 0.25) is 11.8 Å². The number of nitrogens with one attached hydrogen (secondary N) is 1. The Hall–Kier alpha value is -3.01. The average molecular weight is 559 g/mol. The molecule has 1 amide bonds. The number of amides is 1. The van der Waals surface area contributed by atoms with Gasteiger partial charge in [0.25, 0.3) is 0 Å². The van der Waals surface area contributed by atoms with Crippen molar-refractivity contribution in [3.8, 4) is 5.75 Å². The first kappa shape index (κ1) is 25.1. The Balaban J connectivity index is 1.60. The second kappa shape index (κ2) is 10.7. The molecule has 0 saturated heterocycles. The van der Waals surface area contributed by atoms with E-state index in [1.807, 2.05) is 55.4 Å². The van der Waals surface area contributed by atoms with Crippen LogP contribution in [0.4, 0.5) is 5.82 Å². The lowest BCUT2D eigenvalue weighted by Gasteiger charge is -2.28. The molecule has 8 nitrogen and oxygen atoms in total. The molecule has 10 heteroatoms. The fraction of sp³-hybridized carbons (Fsp3) is 0.280. The summed E-state index contributed by atoms with van der Waals surface area (Å²) in [6.45, 7) is 2.93. The molecule has 3 aromatic rings. The van der Waals surface area contributed by atoms with Gasteiger partial charge in [-0.1, -0.05) is 53.2 Å². The molecular weight excluding hydrogens is 534 g/mol. The molecule has 1 aliphatic rings. The minimum absolute atomic E-state index is 0.276. The zero-order chi connectivity index (χ0) is 25.0. The summed E-state index contributed by atoms with van der Waals surface area (Å²) in [5.74, 6) is 1.25. The lowest BCUT2D eigenvalue weighted by molar-refractivity contribution is -0.120. The number of carbonyl (C=O) groups excluding carboxylic acids is 1. The molecule has 2 heterocycles. The predicted molar refractivity (Wildman–Crippen MR) is 139 cm³/mol. The Kier molecular flexibility index (Phi) is 7.69. The van der Waals surface area contributed by atoms with E-state index in [-0.39, 0.29) is 11.7 Å². The third-order valence-electron chi connectivity index (χ3n) is 5.57. The number of pyridine rings is 1. The Morgan fingerprint density at radius 1 is 1.34 bits per heavy atom. The van der Waals surface area contributed by atoms with E-state index in [1.54, 1.807) is 25.3 Å². The van der Waals surface area contributed by atoms with Crippen LogP contribution in [0.15, 0.2) is 63.8 Å². The quantitative estimate of drug-likeness (QED) is 0.414. The number of hydrogen-bond donors (Lipinski definition) is 1. The molecule has 0 radical (unpaired) electrons. The first-order valence-corrected chi connectivity index (χ1v) is 12.2. The van der Waals surface area contributed by atoms with E-state index in [2.05, 4.69) is 36.4 Å². The number of rotatable bonds is 8. The molecular formula is C25H25BrClN5O3. The van der Waals surface area contributed by atoms with Gasteiger partial charge in [-0.2, -0.15) is 4.98 Å². The first-order chi connectivity index (χ1) is 16.8. The number of likely N-dealkylation sites (N-methyl/N-ethyl adjacent to an activating group) is 1. The number of nitrogens with zero attached hydrogens (tertiary/aromatic N) is 4. The second-order valence-electron chi connectivity index (χ2n) is 8.39. The maximum Gasteiger partial charge on any atom is 0.243 e. The molecule has 2 aromatic heterocycles. The van der Waals surface area contributed by atoms with Crippen molar-refractivity contribution >= 4 is 44.8 Å². The van der Waals surface area contributed by atoms with Crippen molar-refractivity contribution in [2.75, 3.05) is 32.6 Å². The monoisotopic (exact) mass is 557 g/mol. The smallest absolute Gasteiger partial charge is 0.243 e. The predicted octanol–water partition coefficient (Wildman–Crippen LogP) is 5.05. The zero-order valence-corrected chi connectivity index (χ0v) is 21.9. The summed E-state index contributed by atoms with van der Waals surface area (Å²) in [5.41, 5.74) is 0.624. The molecule has 1 aliphatic carbocycles. The lowest BCUT2D eigenvalue weighted by atomic mass is 9.77. The van der Waals surface area contributed by atoms with Crippen molar-refractivity contribution in [1.82, 2.24) is 20.0 Å². The number of aryl methyl sites for hydroxylation is 1. The summed E-state index contributed by atoms with van der Waals surface area (Å²) in [5, 5.41) is 7.61. The van der Waals surface area contributed by atoms with Gasteiger partial charge in [-0.25, -0.2) is 4.98 Å². The summed E-state index contributed by atoms with van der Waals surface area (Å²) < 4.78 is 11.8. The van der Waals surface area contributed by atoms with Crippen LogP contribution in [-0.4, -0.2) is 53.2 Å². The van der Waals surface area contributed by atoms with Gasteiger partial charge in [-0.05, 0) is 53.6 Å². The van der Waals surface area contributed by atoms with Gasteiger partial charge in [0, 0.05) is 30.8 Å². The number of allylic oxidation sites excluding steroid dienone is 3. The molecule has 1 unspecified atom stereocenters. The van der Waals surface area contributed by atoms with Gasteiger partial charge in [0.1, 0.15) is 23.6 Å². The van der Waals surface area contributed by atoms with Crippen LogP contribution < -0.4 is 10.1 Å². The van der Waals surface area contributed by atoms with E-state index in [0.29, 0.717) is 40.0 Å². The highest BCUT2D eigenvalue weighted by Gasteiger charge is 2.43. The van der Waals surface area contributed by atoms with Crippen LogP contribution in [0.5, 0.6) is 5.75 Å². The number of carbonyl (C=O) groups is 1. The standard InChI is InChI=1S/C25H25BrClN5O3/c1-16-29-23(31-35-16)25(10-8-17(9-11-25)18-6-4-5-7-20(18)27)24(33)30-22-14-21(19(26)15-28-22)34-13-12-32(2)3/h4-10,14-15H,11-13H2,1-3H3,(H,28,30,33). The van der Waals surface area contributed by atoms with Crippen molar-refractivity contribution in [3.05, 3.63) is 81.5 Å². The minimum Gasteiger partial charge on any atom is -0.491 e. The maximum atomic E-state index is 13.7. The molecule has 0 bridgehead atoms. The Bertz CT molecular complexity index is 1290. The van der Waals surface area contributed by atoms with Crippen molar-refractivity contribution in [3.63, 3.8) is 0 Å². The number of benzene rings is 1. The second-order valence-corrected chi connectivity index (χ2v) is 9.65. The van der Waals surface area contributed by atoms with Crippen LogP contribution in [0.25, 0.3) is 5.57 Å². The SMILES string of the molecule is Cc1nc(C2(C(=O)Nc3cc(OCCN(C)C)c(Br)cn3)C=CC(c3ccccc3Cl)=CC2)no1. The van der Waals surface area contributed by atoms with E-state index >= 15 is 0 Å². The summed E-state index contributed by atoms with van der Waals surface area (Å²) in [6, 6.07) is 9.25. The largest absolute Gasteiger partial charge is 0.491 e. The summed E-state index contributed by atoms with van der Waals surface area (Å²) in [4.78, 5) is 24.4. The molecule has 1 atom stereocenters. The topological polar surface area (TPSA) is 93.4 Å². The van der Waals surface area contributed by atoms with Gasteiger partial charge in [0.15, 0.2) is 5.82 Å². The molecule has 35 heavy (non-hydrogen) atoms. The molecule has 4 rings (SSSR count). The highest BCUT2D eigenvalue weighted by atomic mass is 79.9. The van der Waals surface area contributed by atoms with E-state index < -0.39 is 5.41 Å². The molecule has 182 valence electrons. The van der Waals surface area contributed by atoms with Crippen LogP contribution in [0.3, 0.4) is 0 Å². The fourth-order valence-corrected chi connectivity index (χ4v) is 4.19. The Morgan fingerprint density at radius 2 is 2.14 bits per heavy atom. The number of ether oxygens (including phenoxy) is 1. The van der Waals surface area contributed by atoms with Crippen molar-refractivity contribution in [2.24, 2.45) is 0 Å². The summed E-state index contributed by atoms with van der Waals surface area (Å²) in [6.07, 6.45) is 7.52. The lowest BCUT2D eigenvalue weighted by Crippen LogP contribution is -2.40. The van der Waals surface area contributed by atoms with Gasteiger partial charge in [0.05, 0.1) is 4.47 Å². The number of hydrogen-bond acceptors (Lipinski definition) is 7. The normalized spacial score (nSPS) is 17.4. The highest BCUT2D eigenvalue weighted by Crippen LogP contribution is 2.38. The van der Waals surface area contributed by atoms with Gasteiger partial charge >= 0.3 is 0 Å². The van der Waals surface area contributed by atoms with E-state index in [9.17, 15) is 4.79 Å². The third-order valence-corrected chi connectivity index (χ3v) is 6.49. The molecule has 0 spiro atoms. The van der Waals surface area contributed by atoms with Gasteiger partial charge in [-0.15, -0.1) is 0 Å². The Labute approximate surface area is 217 Å². The van der Waals surface area contributed by atoms with Crippen LogP contribution in [-0.2, 0) is 10.2 Å². The number of halogens is 2. The highest BCUT2D eigenvalue weighted by molar-refractivity contribution is 9.10. The van der Waals surface area contributed by atoms with E-state index in [1.165, 1.54) is 0 Å². The number of aromatic nitrogens is 3. The third kappa shape index (κ3) is 5.63. The molecule has 1 N–H and O–H groups in total. The summed E-state index contributed by atoms with van der Waals surface area (Å²) >= 11 is 9.83. The molecule has 1 aromatic carbocycles. The van der Waals surface area contributed by atoms with Crippen LogP contribution in [0.1, 0.15) is 23.7 Å². The van der Waals surface area contributed by atoms with Gasteiger partial charge < -0.3 is 19.5 Å². The van der Waals surface area contributed by atoms with E-state index in [4.69, 9.17) is 20.9 Å². The maximum absolute atomic E-state index is 13.7. The minimum atomic E-state index is -1.18. The molecule has 0 saturated carbocycles. The Morgan fingerprint density at radius 3 is 2.80 bits per heavy atom. The van der Waals surface area contributed by atoms with Crippen LogP contribution in [0, 0.1) is 6.92 Å². The molecule has 0 fully saturated rings. The number of anilines is 1.